The molecule has 4 aromatic rings. The average molecular weight is 475 g/mol. The van der Waals surface area contributed by atoms with Crippen molar-refractivity contribution in [3.05, 3.63) is 99.2 Å². The molecule has 35 heavy (non-hydrogen) atoms. The second kappa shape index (κ2) is 9.23. The summed E-state index contributed by atoms with van der Waals surface area (Å²) in [6, 6.07) is 16.0. The maximum atomic E-state index is 13.3. The van der Waals surface area contributed by atoms with Gasteiger partial charge in [-0.3, -0.25) is 9.69 Å². The molecule has 7 nitrogen and oxygen atoms in total. The molecule has 0 saturated heterocycles. The fourth-order valence-electron chi connectivity index (χ4n) is 4.06. The quantitative estimate of drug-likeness (QED) is 0.369. The smallest absolute Gasteiger partial charge is 0.337 e. The Morgan fingerprint density at radius 1 is 1.06 bits per heavy atom. The van der Waals surface area contributed by atoms with Crippen molar-refractivity contribution in [3.8, 4) is 17.2 Å². The third-order valence-corrected chi connectivity index (χ3v) is 5.84. The van der Waals surface area contributed by atoms with Crippen molar-refractivity contribution in [1.29, 1.82) is 0 Å². The van der Waals surface area contributed by atoms with Crippen LogP contribution in [0.15, 0.2) is 69.9 Å². The summed E-state index contributed by atoms with van der Waals surface area (Å²) in [6.07, 6.45) is 0. The summed E-state index contributed by atoms with van der Waals surface area (Å²) in [5.74, 6) is 0.696. The van der Waals surface area contributed by atoms with Crippen LogP contribution in [0.2, 0.25) is 0 Å². The van der Waals surface area contributed by atoms with Crippen molar-refractivity contribution in [1.82, 2.24) is 4.90 Å². The Morgan fingerprint density at radius 2 is 1.80 bits per heavy atom. The van der Waals surface area contributed by atoms with E-state index in [0.29, 0.717) is 53.6 Å². The summed E-state index contributed by atoms with van der Waals surface area (Å²) >= 11 is 0. The van der Waals surface area contributed by atoms with Gasteiger partial charge in [-0.05, 0) is 61.0 Å². The Bertz CT molecular complexity index is 1460. The maximum absolute atomic E-state index is 13.3. The number of hydrogen-bond donors (Lipinski definition) is 0. The number of ether oxygens (including phenoxy) is 3. The molecule has 0 amide bonds. The lowest BCUT2D eigenvalue weighted by Crippen LogP contribution is -2.31. The molecule has 1 aromatic heterocycles. The predicted octanol–water partition coefficient (Wildman–Crippen LogP) is 5.17. The van der Waals surface area contributed by atoms with Gasteiger partial charge in [0, 0.05) is 13.1 Å². The van der Waals surface area contributed by atoms with Crippen molar-refractivity contribution in [2.24, 2.45) is 0 Å². The Balaban J connectivity index is 1.44. The first-order valence-corrected chi connectivity index (χ1v) is 11.0. The number of benzene rings is 3. The molecule has 0 fully saturated rings. The Morgan fingerprint density at radius 3 is 2.51 bits per heavy atom. The number of rotatable bonds is 5. The number of carbonyl (C=O) groups excluding carboxylic acids is 1. The third kappa shape index (κ3) is 4.48. The molecule has 0 spiro atoms. The molecule has 0 unspecified atom stereocenters. The topological polar surface area (TPSA) is 78.2 Å². The van der Waals surface area contributed by atoms with E-state index in [1.807, 2.05) is 4.90 Å². The van der Waals surface area contributed by atoms with E-state index in [1.54, 1.807) is 55.5 Å². The highest BCUT2D eigenvalue weighted by molar-refractivity contribution is 5.89. The summed E-state index contributed by atoms with van der Waals surface area (Å²) < 4.78 is 35.8. The fraction of sp³-hybridized carbons (Fsp3) is 0.185. The monoisotopic (exact) mass is 475 g/mol. The Labute approximate surface area is 200 Å². The van der Waals surface area contributed by atoms with Crippen molar-refractivity contribution in [2.45, 2.75) is 20.0 Å². The van der Waals surface area contributed by atoms with Crippen molar-refractivity contribution >= 4 is 16.9 Å². The average Bonchev–Trinajstić information content (AvgIpc) is 2.87. The second-order valence-corrected chi connectivity index (χ2v) is 8.24. The molecule has 0 atom stereocenters. The molecule has 178 valence electrons. The number of fused-ring (bicyclic) bond motifs is 3. The van der Waals surface area contributed by atoms with Crippen molar-refractivity contribution in [3.63, 3.8) is 0 Å². The number of aryl methyl sites for hydroxylation is 1. The summed E-state index contributed by atoms with van der Waals surface area (Å²) in [5, 5.41) is 0.378. The van der Waals surface area contributed by atoms with Crippen LogP contribution in [0.1, 0.15) is 27.2 Å². The van der Waals surface area contributed by atoms with Crippen LogP contribution in [-0.4, -0.2) is 24.7 Å². The van der Waals surface area contributed by atoms with Gasteiger partial charge in [-0.1, -0.05) is 12.1 Å². The van der Waals surface area contributed by atoms with E-state index in [4.69, 9.17) is 18.6 Å². The van der Waals surface area contributed by atoms with Crippen LogP contribution in [0.25, 0.3) is 11.0 Å². The molecule has 2 heterocycles. The predicted molar refractivity (Wildman–Crippen MR) is 126 cm³/mol. The van der Waals surface area contributed by atoms with Gasteiger partial charge in [-0.25, -0.2) is 9.18 Å². The molecule has 0 N–H and O–H groups in total. The first-order valence-electron chi connectivity index (χ1n) is 11.0. The Kier molecular flexibility index (Phi) is 5.96. The molecule has 0 saturated carbocycles. The van der Waals surface area contributed by atoms with E-state index in [9.17, 15) is 14.0 Å². The van der Waals surface area contributed by atoms with Gasteiger partial charge in [0.05, 0.1) is 23.6 Å². The molecule has 0 aliphatic carbocycles. The van der Waals surface area contributed by atoms with Crippen LogP contribution >= 0.6 is 0 Å². The zero-order valence-corrected chi connectivity index (χ0v) is 19.2. The highest BCUT2D eigenvalue weighted by Crippen LogP contribution is 2.34. The number of carbonyl (C=O) groups is 1. The molecule has 1 aliphatic heterocycles. The van der Waals surface area contributed by atoms with Gasteiger partial charge in [-0.2, -0.15) is 0 Å². The zero-order chi connectivity index (χ0) is 24.5. The SMILES string of the molecule is COC(=O)c1ccc(Oc2c(C)oc3c4c(ccc3c2=O)OCN(Cc2ccc(F)cc2)C4)cc1. The van der Waals surface area contributed by atoms with Crippen LogP contribution in [0.5, 0.6) is 17.2 Å². The minimum atomic E-state index is -0.460. The van der Waals surface area contributed by atoms with Gasteiger partial charge in [0.25, 0.3) is 0 Å². The van der Waals surface area contributed by atoms with Crippen molar-refractivity contribution < 1.29 is 27.8 Å². The first kappa shape index (κ1) is 22.6. The normalized spacial score (nSPS) is 13.2. The lowest BCUT2D eigenvalue weighted by atomic mass is 10.1. The maximum Gasteiger partial charge on any atom is 0.337 e. The van der Waals surface area contributed by atoms with Crippen LogP contribution in [0, 0.1) is 12.7 Å². The van der Waals surface area contributed by atoms with Crippen LogP contribution in [-0.2, 0) is 17.8 Å². The van der Waals surface area contributed by atoms with E-state index in [1.165, 1.54) is 19.2 Å². The minimum Gasteiger partial charge on any atom is -0.478 e. The van der Waals surface area contributed by atoms with Crippen LogP contribution in [0.4, 0.5) is 4.39 Å². The number of methoxy groups -OCH3 is 1. The van der Waals surface area contributed by atoms with Gasteiger partial charge >= 0.3 is 5.97 Å². The van der Waals surface area contributed by atoms with Crippen molar-refractivity contribution in [2.75, 3.05) is 13.8 Å². The molecule has 0 bridgehead atoms. The minimum absolute atomic E-state index is 0.0724. The third-order valence-electron chi connectivity index (χ3n) is 5.84. The highest BCUT2D eigenvalue weighted by Gasteiger charge is 2.24. The highest BCUT2D eigenvalue weighted by atomic mass is 19.1. The molecular weight excluding hydrogens is 453 g/mol. The zero-order valence-electron chi connectivity index (χ0n) is 19.2. The second-order valence-electron chi connectivity index (χ2n) is 8.24. The summed E-state index contributed by atoms with van der Waals surface area (Å²) in [5.41, 5.74) is 2.23. The molecule has 0 radical (unpaired) electrons. The van der Waals surface area contributed by atoms with Gasteiger partial charge in [-0.15, -0.1) is 0 Å². The van der Waals surface area contributed by atoms with E-state index in [0.717, 1.165) is 11.1 Å². The summed E-state index contributed by atoms with van der Waals surface area (Å²) in [7, 11) is 1.31. The van der Waals surface area contributed by atoms with Gasteiger partial charge < -0.3 is 18.6 Å². The van der Waals surface area contributed by atoms with E-state index in [2.05, 4.69) is 0 Å². The Hall–Kier alpha value is -4.17. The molecule has 5 rings (SSSR count). The number of halogens is 1. The standard InChI is InChI=1S/C27H22FNO6/c1-16-25(35-20-9-5-18(6-10-20)27(31)32-2)24(30)21-11-12-23-22(26(21)34-16)14-29(15-33-23)13-17-3-7-19(28)8-4-17/h3-12H,13-15H2,1-2H3. The van der Waals surface area contributed by atoms with E-state index >= 15 is 0 Å². The lowest BCUT2D eigenvalue weighted by molar-refractivity contribution is 0.0600. The number of esters is 1. The van der Waals surface area contributed by atoms with E-state index < -0.39 is 5.97 Å². The summed E-state index contributed by atoms with van der Waals surface area (Å²) in [4.78, 5) is 27.0. The molecule has 8 heteroatoms. The lowest BCUT2D eigenvalue weighted by Gasteiger charge is -2.29. The number of hydrogen-bond acceptors (Lipinski definition) is 7. The largest absolute Gasteiger partial charge is 0.478 e. The number of nitrogens with zero attached hydrogens (tertiary/aromatic N) is 1. The summed E-state index contributed by atoms with van der Waals surface area (Å²) in [6.45, 7) is 3.09. The fourth-order valence-corrected chi connectivity index (χ4v) is 4.06. The van der Waals surface area contributed by atoms with Gasteiger partial charge in [0.2, 0.25) is 11.2 Å². The van der Waals surface area contributed by atoms with Gasteiger partial charge in [0.1, 0.15) is 35.4 Å². The molecular formula is C27H22FNO6. The van der Waals surface area contributed by atoms with Gasteiger partial charge in [0.15, 0.2) is 0 Å². The van der Waals surface area contributed by atoms with Crippen LogP contribution in [0.3, 0.4) is 0 Å². The molecule has 1 aliphatic rings. The van der Waals surface area contributed by atoms with Crippen LogP contribution < -0.4 is 14.9 Å². The molecule has 3 aromatic carbocycles. The van der Waals surface area contributed by atoms with E-state index in [-0.39, 0.29) is 17.0 Å². The first-order chi connectivity index (χ1) is 16.9.